The zero-order chi connectivity index (χ0) is 21.3. The Bertz CT molecular complexity index is 1280. The van der Waals surface area contributed by atoms with Crippen LogP contribution in [0.15, 0.2) is 48.7 Å². The van der Waals surface area contributed by atoms with Crippen LogP contribution >= 0.6 is 0 Å². The van der Waals surface area contributed by atoms with E-state index in [2.05, 4.69) is 31.0 Å². The first kappa shape index (κ1) is 22.4. The van der Waals surface area contributed by atoms with E-state index in [1.54, 1.807) is 24.3 Å². The van der Waals surface area contributed by atoms with Crippen LogP contribution in [0.25, 0.3) is 22.8 Å². The molecule has 0 saturated heterocycles. The third kappa shape index (κ3) is 4.42. The second-order valence-electron chi connectivity index (χ2n) is 7.02. The predicted molar refractivity (Wildman–Crippen MR) is 104 cm³/mol. The SMILES string of the molecule is CC(C)(c1cccc(-c2nc(C#N)c[n-]2)n1)c1cccc(-c2[c-]cc(F)nc2F)n1.[Pt+2]. The molecule has 0 atom stereocenters. The van der Waals surface area contributed by atoms with Crippen molar-refractivity contribution in [2.75, 3.05) is 0 Å². The van der Waals surface area contributed by atoms with Crippen LogP contribution in [0.5, 0.6) is 0 Å². The average Bonchev–Trinajstić information content (AvgIpc) is 3.23. The molecular formula is C22H14F2N6Pt. The zero-order valence-electron chi connectivity index (χ0n) is 16.4. The number of hydrogen-bond acceptors (Lipinski definition) is 5. The second kappa shape index (κ2) is 8.82. The molecule has 4 aromatic heterocycles. The smallest absolute Gasteiger partial charge is 0.440 e. The fourth-order valence-corrected chi connectivity index (χ4v) is 2.98. The third-order valence-corrected chi connectivity index (χ3v) is 4.66. The Morgan fingerprint density at radius 3 is 2.23 bits per heavy atom. The summed E-state index contributed by atoms with van der Waals surface area (Å²) in [4.78, 5) is 20.7. The van der Waals surface area contributed by atoms with Crippen molar-refractivity contribution in [1.82, 2.24) is 24.9 Å². The van der Waals surface area contributed by atoms with E-state index in [4.69, 9.17) is 5.26 Å². The molecule has 6 nitrogen and oxygen atoms in total. The minimum atomic E-state index is -0.973. The van der Waals surface area contributed by atoms with E-state index < -0.39 is 17.3 Å². The van der Waals surface area contributed by atoms with Crippen molar-refractivity contribution < 1.29 is 29.8 Å². The van der Waals surface area contributed by atoms with E-state index in [0.717, 1.165) is 6.07 Å². The maximum absolute atomic E-state index is 14.1. The van der Waals surface area contributed by atoms with Gasteiger partial charge in [-0.3, -0.25) is 9.97 Å². The molecule has 0 aliphatic rings. The van der Waals surface area contributed by atoms with Crippen molar-refractivity contribution in [1.29, 1.82) is 5.26 Å². The summed E-state index contributed by atoms with van der Waals surface area (Å²) in [7, 11) is 0. The number of nitriles is 1. The van der Waals surface area contributed by atoms with Crippen molar-refractivity contribution in [3.8, 4) is 28.8 Å². The summed E-state index contributed by atoms with van der Waals surface area (Å²) in [5, 5.41) is 8.95. The molecule has 0 saturated carbocycles. The first-order valence-corrected chi connectivity index (χ1v) is 8.98. The van der Waals surface area contributed by atoms with Gasteiger partial charge < -0.3 is 15.0 Å². The summed E-state index contributed by atoms with van der Waals surface area (Å²) >= 11 is 0. The summed E-state index contributed by atoms with van der Waals surface area (Å²) in [6.45, 7) is 3.86. The van der Waals surface area contributed by atoms with Crippen molar-refractivity contribution in [3.05, 3.63) is 83.7 Å². The molecule has 0 aromatic carbocycles. The summed E-state index contributed by atoms with van der Waals surface area (Å²) < 4.78 is 27.2. The van der Waals surface area contributed by atoms with Gasteiger partial charge in [-0.05, 0) is 43.6 Å². The van der Waals surface area contributed by atoms with E-state index in [9.17, 15) is 8.78 Å². The molecule has 0 bridgehead atoms. The van der Waals surface area contributed by atoms with Gasteiger partial charge in [0, 0.05) is 16.8 Å². The average molecular weight is 595 g/mol. The summed E-state index contributed by atoms with van der Waals surface area (Å²) in [6.07, 6.45) is 1.39. The number of halogens is 2. The molecule has 0 N–H and O–H groups in total. The van der Waals surface area contributed by atoms with Crippen molar-refractivity contribution in [3.63, 3.8) is 0 Å². The van der Waals surface area contributed by atoms with E-state index >= 15 is 0 Å². The maximum atomic E-state index is 14.1. The number of aromatic nitrogens is 5. The normalized spacial score (nSPS) is 10.9. The van der Waals surface area contributed by atoms with Gasteiger partial charge in [0.2, 0.25) is 0 Å². The zero-order valence-corrected chi connectivity index (χ0v) is 18.6. The molecule has 156 valence electrons. The van der Waals surface area contributed by atoms with Gasteiger partial charge in [0.15, 0.2) is 0 Å². The molecular weight excluding hydrogens is 581 g/mol. The van der Waals surface area contributed by atoms with Crippen molar-refractivity contribution >= 4 is 0 Å². The summed E-state index contributed by atoms with van der Waals surface area (Å²) in [5.41, 5.74) is 1.69. The standard InChI is InChI=1S/C22H14F2N6.Pt/c1-22(2,18-8-4-6-16(29-18)21-26-12-13(11-25)27-21)17-7-3-5-15(28-17)14-9-10-19(23)30-20(14)24;/h3-8,10,12H,1-2H3;/q-2;+2. The minimum absolute atomic E-state index is 0. The van der Waals surface area contributed by atoms with Gasteiger partial charge in [0.1, 0.15) is 11.9 Å². The second-order valence-corrected chi connectivity index (χ2v) is 7.02. The van der Waals surface area contributed by atoms with Crippen LogP contribution in [0.4, 0.5) is 8.78 Å². The van der Waals surface area contributed by atoms with E-state index in [-0.39, 0.29) is 32.3 Å². The van der Waals surface area contributed by atoms with E-state index in [1.807, 2.05) is 32.0 Å². The Balaban J connectivity index is 0.00000272. The molecule has 0 amide bonds. The van der Waals surface area contributed by atoms with Crippen LogP contribution < -0.4 is 4.98 Å². The maximum Gasteiger partial charge on any atom is 2.00 e. The fraction of sp³-hybridized carbons (Fsp3) is 0.136. The largest absolute Gasteiger partial charge is 2.00 e. The Labute approximate surface area is 191 Å². The Morgan fingerprint density at radius 1 is 0.968 bits per heavy atom. The topological polar surface area (TPSA) is 89.5 Å². The van der Waals surface area contributed by atoms with Gasteiger partial charge in [-0.15, -0.1) is 6.07 Å². The van der Waals surface area contributed by atoms with Gasteiger partial charge in [-0.1, -0.05) is 36.0 Å². The van der Waals surface area contributed by atoms with Gasteiger partial charge in [-0.2, -0.15) is 5.26 Å². The molecule has 0 aliphatic heterocycles. The Morgan fingerprint density at radius 2 is 1.61 bits per heavy atom. The van der Waals surface area contributed by atoms with Crippen LogP contribution in [-0.4, -0.2) is 19.9 Å². The van der Waals surface area contributed by atoms with Crippen molar-refractivity contribution in [2.24, 2.45) is 0 Å². The molecule has 4 rings (SSSR count). The molecule has 0 unspecified atom stereocenters. The van der Waals surface area contributed by atoms with Crippen LogP contribution in [0.2, 0.25) is 0 Å². The first-order chi connectivity index (χ1) is 14.4. The Kier molecular flexibility index (Phi) is 6.37. The molecule has 0 fully saturated rings. The molecule has 0 spiro atoms. The molecule has 0 radical (unpaired) electrons. The van der Waals surface area contributed by atoms with Crippen molar-refractivity contribution in [2.45, 2.75) is 19.3 Å². The molecule has 0 aliphatic carbocycles. The number of rotatable bonds is 4. The van der Waals surface area contributed by atoms with Crippen LogP contribution in [-0.2, 0) is 26.5 Å². The van der Waals surface area contributed by atoms with E-state index in [0.29, 0.717) is 28.6 Å². The van der Waals surface area contributed by atoms with Crippen LogP contribution in [0, 0.1) is 29.3 Å². The monoisotopic (exact) mass is 595 g/mol. The number of pyridine rings is 3. The van der Waals surface area contributed by atoms with Gasteiger partial charge >= 0.3 is 21.1 Å². The van der Waals surface area contributed by atoms with E-state index in [1.165, 1.54) is 6.20 Å². The predicted octanol–water partition coefficient (Wildman–Crippen LogP) is 3.83. The third-order valence-electron chi connectivity index (χ3n) is 4.66. The number of imidazole rings is 1. The first-order valence-electron chi connectivity index (χ1n) is 8.98. The van der Waals surface area contributed by atoms with Crippen LogP contribution in [0.3, 0.4) is 0 Å². The fourth-order valence-electron chi connectivity index (χ4n) is 2.98. The Hall–Kier alpha value is -3.30. The quantitative estimate of drug-likeness (QED) is 0.263. The molecule has 4 heterocycles. The molecule has 4 aromatic rings. The van der Waals surface area contributed by atoms with Gasteiger partial charge in [0.25, 0.3) is 0 Å². The minimum Gasteiger partial charge on any atom is -0.440 e. The molecule has 9 heteroatoms. The molecule has 31 heavy (non-hydrogen) atoms. The summed E-state index contributed by atoms with van der Waals surface area (Å²) in [5.74, 6) is -1.55. The van der Waals surface area contributed by atoms with Gasteiger partial charge in [-0.25, -0.2) is 8.78 Å². The number of nitrogens with zero attached hydrogens (tertiary/aromatic N) is 6. The van der Waals surface area contributed by atoms with Crippen LogP contribution in [0.1, 0.15) is 30.9 Å². The number of hydrogen-bond donors (Lipinski definition) is 0. The summed E-state index contributed by atoms with van der Waals surface area (Å²) in [6, 6.07) is 16.0. The van der Waals surface area contributed by atoms with Gasteiger partial charge in [0.05, 0.1) is 17.5 Å².